The van der Waals surface area contributed by atoms with E-state index in [9.17, 15) is 0 Å². The molecule has 2 nitrogen and oxygen atoms in total. The summed E-state index contributed by atoms with van der Waals surface area (Å²) in [5.74, 6) is 0. The minimum absolute atomic E-state index is 0.989. The van der Waals surface area contributed by atoms with Crippen LogP contribution in [-0.2, 0) is 0 Å². The van der Waals surface area contributed by atoms with E-state index < -0.39 is 0 Å². The summed E-state index contributed by atoms with van der Waals surface area (Å²) in [7, 11) is 0. The van der Waals surface area contributed by atoms with Crippen LogP contribution in [0.1, 0.15) is 35.1 Å². The van der Waals surface area contributed by atoms with Gasteiger partial charge in [-0.05, 0) is 156 Å². The van der Waals surface area contributed by atoms with E-state index in [4.69, 9.17) is 0 Å². The van der Waals surface area contributed by atoms with Crippen molar-refractivity contribution in [2.24, 2.45) is 0 Å². The van der Waals surface area contributed by atoms with Gasteiger partial charge in [-0.25, -0.2) is 0 Å². The molecular formula is C82H60N2. The normalized spacial score (nSPS) is 12.4. The van der Waals surface area contributed by atoms with Gasteiger partial charge in [-0.2, -0.15) is 0 Å². The van der Waals surface area contributed by atoms with E-state index in [-0.39, 0.29) is 0 Å². The molecule has 0 fully saturated rings. The van der Waals surface area contributed by atoms with Crippen LogP contribution in [0.3, 0.4) is 0 Å². The molecule has 0 unspecified atom stereocenters. The third-order valence-corrected chi connectivity index (χ3v) is 16.3. The Kier molecular flexibility index (Phi) is 14.3. The Morgan fingerprint density at radius 3 is 1.05 bits per heavy atom. The minimum Gasteiger partial charge on any atom is -0.314 e. The molecule has 0 bridgehead atoms. The lowest BCUT2D eigenvalue weighted by Crippen LogP contribution is -2.17. The van der Waals surface area contributed by atoms with E-state index in [2.05, 4.69) is 350 Å². The van der Waals surface area contributed by atoms with Gasteiger partial charge in [0.05, 0.1) is 11.4 Å². The van der Waals surface area contributed by atoms with E-state index in [1.54, 1.807) is 0 Å². The lowest BCUT2D eigenvalue weighted by Gasteiger charge is -2.30. The quantitative estimate of drug-likeness (QED) is 0.100. The first-order valence-electron chi connectivity index (χ1n) is 29.1. The molecule has 84 heavy (non-hydrogen) atoms. The predicted molar refractivity (Wildman–Crippen MR) is 361 cm³/mol. The third-order valence-electron chi connectivity index (χ3n) is 16.3. The lowest BCUT2D eigenvalue weighted by molar-refractivity contribution is 0.919. The van der Waals surface area contributed by atoms with Gasteiger partial charge in [-0.1, -0.05) is 285 Å². The summed E-state index contributed by atoms with van der Waals surface area (Å²) >= 11 is 0. The first-order valence-corrected chi connectivity index (χ1v) is 29.1. The molecule has 0 aliphatic heterocycles. The summed E-state index contributed by atoms with van der Waals surface area (Å²) in [5.41, 5.74) is 21.1. The second kappa shape index (κ2) is 23.4. The molecule has 0 heterocycles. The van der Waals surface area contributed by atoms with Crippen molar-refractivity contribution in [2.45, 2.75) is 12.8 Å². The number of allylic oxidation sites excluding steroid dienone is 4. The van der Waals surface area contributed by atoms with Gasteiger partial charge >= 0.3 is 0 Å². The van der Waals surface area contributed by atoms with Crippen LogP contribution in [0, 0.1) is 0 Å². The number of fused-ring (bicyclic) bond motifs is 3. The summed E-state index contributed by atoms with van der Waals surface area (Å²) in [6, 6.07) is 108. The second-order valence-corrected chi connectivity index (χ2v) is 21.5. The summed E-state index contributed by atoms with van der Waals surface area (Å²) in [6.07, 6.45) is 17.6. The van der Waals surface area contributed by atoms with Gasteiger partial charge in [0.1, 0.15) is 0 Å². The van der Waals surface area contributed by atoms with Crippen LogP contribution < -0.4 is 9.80 Å². The zero-order valence-corrected chi connectivity index (χ0v) is 46.6. The number of para-hydroxylation sites is 1. The Hall–Kier alpha value is -10.8. The zero-order chi connectivity index (χ0) is 56.0. The van der Waals surface area contributed by atoms with Gasteiger partial charge in [0, 0.05) is 33.5 Å². The van der Waals surface area contributed by atoms with Gasteiger partial charge in [-0.3, -0.25) is 0 Å². The number of benzene rings is 13. The highest BCUT2D eigenvalue weighted by Gasteiger charge is 2.25. The van der Waals surface area contributed by atoms with Gasteiger partial charge in [0.25, 0.3) is 0 Å². The molecule has 13 aromatic carbocycles. The number of hydrogen-bond acceptors (Lipinski definition) is 2. The van der Waals surface area contributed by atoms with Crippen LogP contribution in [-0.4, -0.2) is 0 Å². The zero-order valence-electron chi connectivity index (χ0n) is 46.6. The summed E-state index contributed by atoms with van der Waals surface area (Å²) < 4.78 is 0. The molecule has 14 rings (SSSR count). The van der Waals surface area contributed by atoms with Crippen molar-refractivity contribution in [3.8, 4) is 44.5 Å². The maximum absolute atomic E-state index is 2.44. The molecule has 2 heteroatoms. The monoisotopic (exact) mass is 1070 g/mol. The molecular weight excluding hydrogens is 1010 g/mol. The maximum atomic E-state index is 2.44. The van der Waals surface area contributed by atoms with Crippen molar-refractivity contribution in [1.82, 2.24) is 0 Å². The molecule has 0 saturated heterocycles. The van der Waals surface area contributed by atoms with E-state index in [1.807, 2.05) is 0 Å². The summed E-state index contributed by atoms with van der Waals surface area (Å²) in [5, 5.41) is 7.36. The Labute approximate surface area is 492 Å². The van der Waals surface area contributed by atoms with Crippen molar-refractivity contribution in [3.63, 3.8) is 0 Å². The third kappa shape index (κ3) is 10.3. The van der Waals surface area contributed by atoms with Gasteiger partial charge < -0.3 is 9.80 Å². The molecule has 13 aromatic rings. The average molecular weight is 1070 g/mol. The smallest absolute Gasteiger partial charge is 0.0540 e. The molecule has 0 saturated carbocycles. The number of nitrogens with zero attached hydrogens (tertiary/aromatic N) is 2. The van der Waals surface area contributed by atoms with Crippen LogP contribution in [0.25, 0.3) is 101 Å². The van der Waals surface area contributed by atoms with Gasteiger partial charge in [0.2, 0.25) is 0 Å². The minimum atomic E-state index is 0.989. The van der Waals surface area contributed by atoms with Crippen molar-refractivity contribution in [3.05, 3.63) is 343 Å². The largest absolute Gasteiger partial charge is 0.314 e. The van der Waals surface area contributed by atoms with Crippen LogP contribution >= 0.6 is 0 Å². The standard InChI is InChI=1S/C82H60N2/c1-5-23-65(24-6-1)79-75-35-17-18-36-76(75)80(66-25-7-2-8-26-66)82(68-53-45-60(46-54-68)40-42-62-49-57-72(58-50-62)84(70-31-11-4-12-32-70)78-38-20-28-64-22-14-16-34-74(64)78)81(79)67-51-43-59(44-52-67)39-41-61-47-55-71(56-48-61)83(69-29-9-3-10-30-69)77-37-19-27-63-21-13-15-33-73(63)77/h1-11,13-31,33-58H,12,32H2/b41-39+,42-40+. The predicted octanol–water partition coefficient (Wildman–Crippen LogP) is 23.0. The van der Waals surface area contributed by atoms with Crippen molar-refractivity contribution < 1.29 is 0 Å². The Bertz CT molecular complexity index is 4580. The van der Waals surface area contributed by atoms with Crippen molar-refractivity contribution >= 4 is 85.1 Å². The lowest BCUT2D eigenvalue weighted by atomic mass is 9.79. The van der Waals surface area contributed by atoms with E-state index in [0.717, 1.165) is 69.0 Å². The molecule has 0 aromatic heterocycles. The highest BCUT2D eigenvalue weighted by Crippen LogP contribution is 2.51. The highest BCUT2D eigenvalue weighted by molar-refractivity contribution is 6.18. The first-order chi connectivity index (χ1) is 41.7. The molecule has 0 amide bonds. The molecule has 0 radical (unpaired) electrons. The Balaban J connectivity index is 0.808. The van der Waals surface area contributed by atoms with Crippen LogP contribution in [0.2, 0.25) is 0 Å². The Morgan fingerprint density at radius 2 is 0.607 bits per heavy atom. The van der Waals surface area contributed by atoms with Gasteiger partial charge in [-0.15, -0.1) is 0 Å². The highest BCUT2D eigenvalue weighted by atomic mass is 15.2. The summed E-state index contributed by atoms with van der Waals surface area (Å²) in [6.45, 7) is 0. The van der Waals surface area contributed by atoms with E-state index in [0.29, 0.717) is 0 Å². The van der Waals surface area contributed by atoms with Crippen molar-refractivity contribution in [2.75, 3.05) is 9.80 Å². The molecule has 1 aliphatic rings. The Morgan fingerprint density at radius 1 is 0.262 bits per heavy atom. The number of hydrogen-bond donors (Lipinski definition) is 0. The number of anilines is 5. The second-order valence-electron chi connectivity index (χ2n) is 21.5. The SMILES string of the molecule is C1=CCCC(N(c2ccc(/C=C/c3ccc(-c4c(-c5ccc(/C=C/c6ccc(N(c7ccccc7)c7cccc8ccccc78)cc6)cc5)c(-c5ccccc5)c5ccccc5c4-c4ccccc4)cc3)cc2)c2cccc3ccccc23)=C1. The molecule has 1 aliphatic carbocycles. The van der Waals surface area contributed by atoms with Crippen LogP contribution in [0.4, 0.5) is 28.4 Å². The summed E-state index contributed by atoms with van der Waals surface area (Å²) in [4.78, 5) is 4.79. The molecule has 0 spiro atoms. The first kappa shape index (κ1) is 51.4. The van der Waals surface area contributed by atoms with Crippen molar-refractivity contribution in [1.29, 1.82) is 0 Å². The topological polar surface area (TPSA) is 6.48 Å². The van der Waals surface area contributed by atoms with E-state index in [1.165, 1.54) is 77.1 Å². The fraction of sp³-hybridized carbons (Fsp3) is 0.0244. The van der Waals surface area contributed by atoms with Gasteiger partial charge in [0.15, 0.2) is 0 Å². The fourth-order valence-electron chi connectivity index (χ4n) is 12.2. The van der Waals surface area contributed by atoms with Crippen LogP contribution in [0.15, 0.2) is 321 Å². The molecule has 0 atom stereocenters. The van der Waals surface area contributed by atoms with Crippen LogP contribution in [0.5, 0.6) is 0 Å². The molecule has 398 valence electrons. The average Bonchev–Trinajstić information content (AvgIpc) is 1.62. The molecule has 0 N–H and O–H groups in total. The fourth-order valence-corrected chi connectivity index (χ4v) is 12.2. The van der Waals surface area contributed by atoms with E-state index >= 15 is 0 Å². The number of rotatable bonds is 14. The maximum Gasteiger partial charge on any atom is 0.0540 e.